The predicted octanol–water partition coefficient (Wildman–Crippen LogP) is 3.85. The van der Waals surface area contributed by atoms with Crippen LogP contribution in [0.1, 0.15) is 57.3 Å². The van der Waals surface area contributed by atoms with Crippen LogP contribution in [-0.2, 0) is 9.47 Å². The predicted molar refractivity (Wildman–Crippen MR) is 109 cm³/mol. The molecule has 1 aromatic carbocycles. The molecule has 6 nitrogen and oxygen atoms in total. The number of phenols is 1. The van der Waals surface area contributed by atoms with Gasteiger partial charge in [-0.15, -0.1) is 0 Å². The summed E-state index contributed by atoms with van der Waals surface area (Å²) in [4.78, 5) is 12.9. The first-order valence-electron chi connectivity index (χ1n) is 10.3. The number of phenolic OH excluding ortho intramolecular Hbond substituents is 1. The van der Waals surface area contributed by atoms with Gasteiger partial charge in [-0.1, -0.05) is 25.5 Å². The van der Waals surface area contributed by atoms with Gasteiger partial charge in [-0.25, -0.2) is 4.79 Å². The first-order valence-corrected chi connectivity index (χ1v) is 10.3. The minimum atomic E-state index is -0.634. The number of hydrogen-bond acceptors (Lipinski definition) is 6. The Morgan fingerprint density at radius 3 is 2.72 bits per heavy atom. The maximum Gasteiger partial charge on any atom is 0.338 e. The molecule has 160 valence electrons. The van der Waals surface area contributed by atoms with Crippen molar-refractivity contribution in [2.75, 3.05) is 7.11 Å². The minimum Gasteiger partial charge on any atom is -0.504 e. The number of allylic oxidation sites excluding steroid dienone is 1. The van der Waals surface area contributed by atoms with Crippen LogP contribution in [-0.4, -0.2) is 47.2 Å². The number of aromatic hydroxyl groups is 1. The molecule has 5 unspecified atom stereocenters. The van der Waals surface area contributed by atoms with Gasteiger partial charge in [0.2, 0.25) is 0 Å². The Bertz CT molecular complexity index is 786. The van der Waals surface area contributed by atoms with Crippen LogP contribution in [0.2, 0.25) is 0 Å². The van der Waals surface area contributed by atoms with Crippen LogP contribution in [0.3, 0.4) is 0 Å². The minimum absolute atomic E-state index is 0.0430. The van der Waals surface area contributed by atoms with Crippen molar-refractivity contribution in [3.05, 3.63) is 35.4 Å². The first-order chi connectivity index (χ1) is 13.7. The van der Waals surface area contributed by atoms with Crippen molar-refractivity contribution >= 4 is 5.97 Å². The van der Waals surface area contributed by atoms with Gasteiger partial charge in [0.05, 0.1) is 24.4 Å². The quantitative estimate of drug-likeness (QED) is 0.450. The number of methoxy groups -OCH3 is 1. The van der Waals surface area contributed by atoms with Crippen molar-refractivity contribution in [2.45, 2.75) is 70.9 Å². The average Bonchev–Trinajstić information content (AvgIpc) is 3.31. The number of benzene rings is 1. The van der Waals surface area contributed by atoms with E-state index in [9.17, 15) is 15.0 Å². The number of epoxide rings is 1. The van der Waals surface area contributed by atoms with Crippen molar-refractivity contribution in [3.63, 3.8) is 0 Å². The Morgan fingerprint density at radius 2 is 2.07 bits per heavy atom. The van der Waals surface area contributed by atoms with E-state index in [1.165, 1.54) is 25.3 Å². The zero-order valence-electron chi connectivity index (χ0n) is 17.8. The molecular formula is C23H32O6. The van der Waals surface area contributed by atoms with Gasteiger partial charge in [0.25, 0.3) is 0 Å². The zero-order chi connectivity index (χ0) is 21.3. The molecule has 5 atom stereocenters. The lowest BCUT2D eigenvalue weighted by molar-refractivity contribution is -0.0441. The molecule has 3 rings (SSSR count). The molecular weight excluding hydrogens is 372 g/mol. The highest BCUT2D eigenvalue weighted by Gasteiger charge is 2.60. The molecule has 2 N–H and O–H groups in total. The summed E-state index contributed by atoms with van der Waals surface area (Å²) in [6.07, 6.45) is 2.98. The van der Waals surface area contributed by atoms with E-state index in [0.29, 0.717) is 6.42 Å². The second-order valence-electron chi connectivity index (χ2n) is 8.79. The molecule has 1 aliphatic heterocycles. The molecule has 1 aromatic rings. The fourth-order valence-electron chi connectivity index (χ4n) is 4.41. The number of carbonyl (C=O) groups excluding carboxylic acids is 1. The molecule has 1 fully saturated rings. The largest absolute Gasteiger partial charge is 0.504 e. The average molecular weight is 405 g/mol. The number of aliphatic hydroxyl groups excluding tert-OH is 1. The summed E-state index contributed by atoms with van der Waals surface area (Å²) >= 11 is 0. The van der Waals surface area contributed by atoms with Crippen LogP contribution in [0.5, 0.6) is 11.5 Å². The van der Waals surface area contributed by atoms with E-state index in [2.05, 4.69) is 6.08 Å². The van der Waals surface area contributed by atoms with Gasteiger partial charge in [0.15, 0.2) is 11.5 Å². The van der Waals surface area contributed by atoms with Crippen molar-refractivity contribution < 1.29 is 29.2 Å². The Hall–Kier alpha value is -2.05. The van der Waals surface area contributed by atoms with E-state index in [4.69, 9.17) is 14.2 Å². The fraction of sp³-hybridized carbons (Fsp3) is 0.609. The number of carbonyl (C=O) groups is 1. The van der Waals surface area contributed by atoms with Gasteiger partial charge in [-0.05, 0) is 57.2 Å². The Morgan fingerprint density at radius 1 is 1.34 bits per heavy atom. The number of hydrogen-bond donors (Lipinski definition) is 2. The number of ether oxygens (including phenoxy) is 3. The van der Waals surface area contributed by atoms with Crippen LogP contribution in [0, 0.1) is 11.8 Å². The molecule has 0 amide bonds. The molecule has 0 radical (unpaired) electrons. The smallest absolute Gasteiger partial charge is 0.338 e. The number of fused-ring (bicyclic) bond motifs is 1. The lowest BCUT2D eigenvalue weighted by atomic mass is 9.78. The van der Waals surface area contributed by atoms with E-state index in [1.807, 2.05) is 27.7 Å². The van der Waals surface area contributed by atoms with Crippen molar-refractivity contribution in [1.82, 2.24) is 0 Å². The summed E-state index contributed by atoms with van der Waals surface area (Å²) in [6.45, 7) is 8.13. The van der Waals surface area contributed by atoms with Crippen LogP contribution in [0.25, 0.3) is 0 Å². The number of rotatable bonds is 4. The monoisotopic (exact) mass is 404 g/mol. The highest BCUT2D eigenvalue weighted by atomic mass is 16.6. The number of esters is 1. The molecule has 2 aliphatic rings. The van der Waals surface area contributed by atoms with E-state index >= 15 is 0 Å². The summed E-state index contributed by atoms with van der Waals surface area (Å²) in [7, 11) is 1.43. The summed E-state index contributed by atoms with van der Waals surface area (Å²) in [5.41, 5.74) is 1.06. The van der Waals surface area contributed by atoms with E-state index < -0.39 is 18.2 Å². The standard InChI is InChI=1S/C23H32O6/c1-13(2)19-17(25)11-14(3)7-6-10-23(4)21(29-23)20(19)28-22(26)15-8-9-16(24)18(12-15)27-5/h7-9,12-13,17,19-21,24-25H,6,10-11H2,1-5H3. The second-order valence-corrected chi connectivity index (χ2v) is 8.79. The maximum absolute atomic E-state index is 12.9. The molecule has 29 heavy (non-hydrogen) atoms. The third kappa shape index (κ3) is 4.59. The lowest BCUT2D eigenvalue weighted by Gasteiger charge is -2.34. The lowest BCUT2D eigenvalue weighted by Crippen LogP contribution is -2.44. The van der Waals surface area contributed by atoms with E-state index in [-0.39, 0.29) is 40.6 Å². The van der Waals surface area contributed by atoms with Gasteiger partial charge >= 0.3 is 5.97 Å². The summed E-state index contributed by atoms with van der Waals surface area (Å²) < 4.78 is 17.1. The van der Waals surface area contributed by atoms with Crippen molar-refractivity contribution in [2.24, 2.45) is 11.8 Å². The normalized spacial score (nSPS) is 32.2. The molecule has 0 spiro atoms. The molecule has 1 saturated heterocycles. The summed E-state index contributed by atoms with van der Waals surface area (Å²) in [5, 5.41) is 20.8. The van der Waals surface area contributed by atoms with Gasteiger partial charge in [0.1, 0.15) is 12.2 Å². The second kappa shape index (κ2) is 8.36. The summed E-state index contributed by atoms with van der Waals surface area (Å²) in [5.74, 6) is -0.518. The molecule has 6 heteroatoms. The van der Waals surface area contributed by atoms with Crippen molar-refractivity contribution in [3.8, 4) is 11.5 Å². The summed E-state index contributed by atoms with van der Waals surface area (Å²) in [6, 6.07) is 4.36. The van der Waals surface area contributed by atoms with E-state index in [1.54, 1.807) is 0 Å². The fourth-order valence-corrected chi connectivity index (χ4v) is 4.41. The van der Waals surface area contributed by atoms with Gasteiger partial charge in [-0.3, -0.25) is 0 Å². The highest BCUT2D eigenvalue weighted by molar-refractivity contribution is 5.90. The number of aliphatic hydroxyl groups is 1. The van der Waals surface area contributed by atoms with Gasteiger partial charge in [0, 0.05) is 5.92 Å². The molecule has 1 aliphatic carbocycles. The van der Waals surface area contributed by atoms with Crippen LogP contribution in [0.4, 0.5) is 0 Å². The van der Waals surface area contributed by atoms with Gasteiger partial charge in [-0.2, -0.15) is 0 Å². The third-order valence-corrected chi connectivity index (χ3v) is 6.16. The maximum atomic E-state index is 12.9. The van der Waals surface area contributed by atoms with Gasteiger partial charge < -0.3 is 24.4 Å². The molecule has 0 bridgehead atoms. The van der Waals surface area contributed by atoms with Crippen LogP contribution in [0.15, 0.2) is 29.8 Å². The zero-order valence-corrected chi connectivity index (χ0v) is 17.8. The topological polar surface area (TPSA) is 88.5 Å². The highest BCUT2D eigenvalue weighted by Crippen LogP contribution is 2.48. The molecule has 1 heterocycles. The van der Waals surface area contributed by atoms with Crippen LogP contribution < -0.4 is 4.74 Å². The van der Waals surface area contributed by atoms with E-state index in [0.717, 1.165) is 18.4 Å². The third-order valence-electron chi connectivity index (χ3n) is 6.16. The Labute approximate surface area is 172 Å². The first kappa shape index (κ1) is 21.7. The molecule has 0 aromatic heterocycles. The van der Waals surface area contributed by atoms with Crippen molar-refractivity contribution in [1.29, 1.82) is 0 Å². The molecule has 0 saturated carbocycles. The van der Waals surface area contributed by atoms with Crippen LogP contribution >= 0.6 is 0 Å². The SMILES string of the molecule is COc1cc(C(=O)OC2C(C(C)C)C(O)CC(C)=CCCC3(C)OC23)ccc1O. The Balaban J connectivity index is 1.90. The Kier molecular flexibility index (Phi) is 6.24.